The molecular weight excluding hydrogens is 376 g/mol. The number of benzene rings is 2. The van der Waals surface area contributed by atoms with E-state index in [4.69, 9.17) is 4.74 Å². The number of nitrogens with zero attached hydrogens (tertiary/aromatic N) is 3. The molecule has 2 heterocycles. The molecule has 0 radical (unpaired) electrons. The van der Waals surface area contributed by atoms with Gasteiger partial charge in [-0.05, 0) is 50.7 Å². The number of piperidine rings is 1. The van der Waals surface area contributed by atoms with Crippen molar-refractivity contribution in [2.75, 3.05) is 58.2 Å². The summed E-state index contributed by atoms with van der Waals surface area (Å²) in [6.07, 6.45) is 2.59. The molecule has 6 heteroatoms. The molecule has 30 heavy (non-hydrogen) atoms. The van der Waals surface area contributed by atoms with Gasteiger partial charge in [-0.15, -0.1) is 0 Å². The van der Waals surface area contributed by atoms with Gasteiger partial charge in [0.2, 0.25) is 5.91 Å². The van der Waals surface area contributed by atoms with Crippen LogP contribution < -0.4 is 10.1 Å². The van der Waals surface area contributed by atoms with Gasteiger partial charge in [0, 0.05) is 50.5 Å². The molecule has 2 aromatic rings. The molecule has 160 valence electrons. The molecule has 2 aliphatic rings. The topological polar surface area (TPSA) is 48.0 Å². The van der Waals surface area contributed by atoms with Crippen LogP contribution in [0.25, 0.3) is 0 Å². The molecule has 1 N–H and O–H groups in total. The molecule has 2 saturated heterocycles. The minimum absolute atomic E-state index is 0.0257. The monoisotopic (exact) mass is 408 g/mol. The summed E-state index contributed by atoms with van der Waals surface area (Å²) in [6, 6.07) is 17.9. The third kappa shape index (κ3) is 5.81. The van der Waals surface area contributed by atoms with Gasteiger partial charge in [0.25, 0.3) is 0 Å². The van der Waals surface area contributed by atoms with Crippen LogP contribution in [0.5, 0.6) is 11.5 Å². The highest BCUT2D eigenvalue weighted by molar-refractivity contribution is 5.92. The van der Waals surface area contributed by atoms with Crippen LogP contribution in [-0.4, -0.2) is 79.5 Å². The fourth-order valence-electron chi connectivity index (χ4n) is 4.39. The third-order valence-electron chi connectivity index (χ3n) is 5.99. The zero-order chi connectivity index (χ0) is 20.8. The maximum absolute atomic E-state index is 12.6. The number of carbonyl (C=O) groups is 1. The standard InChI is InChI=1S/C24H32N4O2/c1-26-12-6-8-21(18-26)28-15-13-27(14-16-28)19-24(29)25-20-7-5-11-23(17-20)30-22-9-3-2-4-10-22/h2-5,7,9-11,17,21H,6,8,12-16,18-19H2,1H3,(H,25,29). The number of piperazine rings is 1. The first-order valence-corrected chi connectivity index (χ1v) is 10.9. The molecule has 1 amide bonds. The van der Waals surface area contributed by atoms with Gasteiger partial charge in [-0.25, -0.2) is 0 Å². The summed E-state index contributed by atoms with van der Waals surface area (Å²) in [7, 11) is 2.21. The Kier molecular flexibility index (Phi) is 7.00. The number of hydrogen-bond donors (Lipinski definition) is 1. The third-order valence-corrected chi connectivity index (χ3v) is 5.99. The molecule has 4 rings (SSSR count). The number of likely N-dealkylation sites (tertiary alicyclic amines) is 1. The first kappa shape index (κ1) is 20.8. The Morgan fingerprint density at radius 1 is 1.00 bits per heavy atom. The molecule has 1 unspecified atom stereocenters. The minimum Gasteiger partial charge on any atom is -0.457 e. The molecule has 2 fully saturated rings. The van der Waals surface area contributed by atoms with Crippen LogP contribution in [0.15, 0.2) is 54.6 Å². The van der Waals surface area contributed by atoms with Crippen LogP contribution in [0.1, 0.15) is 12.8 Å². The molecule has 6 nitrogen and oxygen atoms in total. The van der Waals surface area contributed by atoms with Crippen molar-refractivity contribution in [3.05, 3.63) is 54.6 Å². The van der Waals surface area contributed by atoms with Gasteiger partial charge < -0.3 is 15.0 Å². The summed E-state index contributed by atoms with van der Waals surface area (Å²) < 4.78 is 5.86. The number of nitrogens with one attached hydrogen (secondary N) is 1. The van der Waals surface area contributed by atoms with E-state index in [1.807, 2.05) is 54.6 Å². The second kappa shape index (κ2) is 10.1. The van der Waals surface area contributed by atoms with Crippen molar-refractivity contribution in [2.24, 2.45) is 0 Å². The molecule has 2 aromatic carbocycles. The fraction of sp³-hybridized carbons (Fsp3) is 0.458. The van der Waals surface area contributed by atoms with E-state index in [9.17, 15) is 4.79 Å². The van der Waals surface area contributed by atoms with Crippen molar-refractivity contribution in [3.63, 3.8) is 0 Å². The van der Waals surface area contributed by atoms with Crippen LogP contribution in [-0.2, 0) is 4.79 Å². The SMILES string of the molecule is CN1CCCC(N2CCN(CC(=O)Nc3cccc(Oc4ccccc4)c3)CC2)C1. The minimum atomic E-state index is 0.0257. The largest absolute Gasteiger partial charge is 0.457 e. The summed E-state index contributed by atoms with van der Waals surface area (Å²) in [5.41, 5.74) is 0.761. The predicted octanol–water partition coefficient (Wildman–Crippen LogP) is 3.13. The van der Waals surface area contributed by atoms with E-state index in [-0.39, 0.29) is 5.91 Å². The predicted molar refractivity (Wildman–Crippen MR) is 120 cm³/mol. The second-order valence-electron chi connectivity index (χ2n) is 8.36. The van der Waals surface area contributed by atoms with E-state index in [0.29, 0.717) is 18.3 Å². The molecule has 2 aliphatic heterocycles. The van der Waals surface area contributed by atoms with E-state index in [0.717, 1.165) is 37.6 Å². The number of rotatable bonds is 6. The summed E-state index contributed by atoms with van der Waals surface area (Å²) in [6.45, 7) is 6.81. The summed E-state index contributed by atoms with van der Waals surface area (Å²) in [4.78, 5) is 19.9. The number of anilines is 1. The maximum atomic E-state index is 12.6. The quantitative estimate of drug-likeness (QED) is 0.796. The highest BCUT2D eigenvalue weighted by Crippen LogP contribution is 2.24. The molecule has 0 spiro atoms. The van der Waals surface area contributed by atoms with E-state index in [2.05, 4.69) is 27.1 Å². The smallest absolute Gasteiger partial charge is 0.238 e. The molecule has 0 saturated carbocycles. The Hall–Kier alpha value is -2.41. The van der Waals surface area contributed by atoms with Crippen molar-refractivity contribution >= 4 is 11.6 Å². The number of ether oxygens (including phenoxy) is 1. The Morgan fingerprint density at radius 3 is 2.53 bits per heavy atom. The molecular formula is C24H32N4O2. The number of amides is 1. The average Bonchev–Trinajstić information content (AvgIpc) is 2.75. The van der Waals surface area contributed by atoms with Crippen LogP contribution >= 0.6 is 0 Å². The first-order valence-electron chi connectivity index (χ1n) is 10.9. The van der Waals surface area contributed by atoms with Gasteiger partial charge in [-0.2, -0.15) is 0 Å². The highest BCUT2D eigenvalue weighted by Gasteiger charge is 2.27. The lowest BCUT2D eigenvalue weighted by Gasteiger charge is -2.42. The van der Waals surface area contributed by atoms with Crippen molar-refractivity contribution in [1.82, 2.24) is 14.7 Å². The van der Waals surface area contributed by atoms with Crippen molar-refractivity contribution < 1.29 is 9.53 Å². The number of carbonyl (C=O) groups excluding carboxylic acids is 1. The number of para-hydroxylation sites is 1. The lowest BCUT2D eigenvalue weighted by atomic mass is 10.0. The normalized spacial score (nSPS) is 21.3. The van der Waals surface area contributed by atoms with Gasteiger partial charge in [0.05, 0.1) is 6.54 Å². The highest BCUT2D eigenvalue weighted by atomic mass is 16.5. The Bertz CT molecular complexity index is 821. The number of hydrogen-bond acceptors (Lipinski definition) is 5. The van der Waals surface area contributed by atoms with Gasteiger partial charge in [0.1, 0.15) is 11.5 Å². The Balaban J connectivity index is 1.24. The van der Waals surface area contributed by atoms with E-state index >= 15 is 0 Å². The lowest BCUT2D eigenvalue weighted by Crippen LogP contribution is -2.55. The number of likely N-dealkylation sites (N-methyl/N-ethyl adjacent to an activating group) is 1. The zero-order valence-electron chi connectivity index (χ0n) is 17.8. The molecule has 0 aliphatic carbocycles. The van der Waals surface area contributed by atoms with Gasteiger partial charge in [0.15, 0.2) is 0 Å². The summed E-state index contributed by atoms with van der Waals surface area (Å²) in [5, 5.41) is 3.01. The van der Waals surface area contributed by atoms with Gasteiger partial charge >= 0.3 is 0 Å². The van der Waals surface area contributed by atoms with Gasteiger partial charge in [-0.1, -0.05) is 24.3 Å². The second-order valence-corrected chi connectivity index (χ2v) is 8.36. The van der Waals surface area contributed by atoms with Crippen molar-refractivity contribution in [1.29, 1.82) is 0 Å². The van der Waals surface area contributed by atoms with Crippen molar-refractivity contribution in [2.45, 2.75) is 18.9 Å². The Morgan fingerprint density at radius 2 is 1.77 bits per heavy atom. The van der Waals surface area contributed by atoms with Gasteiger partial charge in [-0.3, -0.25) is 14.6 Å². The Labute approximate surface area is 179 Å². The van der Waals surface area contributed by atoms with Crippen LogP contribution in [0.3, 0.4) is 0 Å². The lowest BCUT2D eigenvalue weighted by molar-refractivity contribution is -0.117. The fourth-order valence-corrected chi connectivity index (χ4v) is 4.39. The van der Waals surface area contributed by atoms with Crippen LogP contribution in [0.4, 0.5) is 5.69 Å². The summed E-state index contributed by atoms with van der Waals surface area (Å²) in [5.74, 6) is 1.52. The zero-order valence-corrected chi connectivity index (χ0v) is 17.8. The van der Waals surface area contributed by atoms with Crippen LogP contribution in [0.2, 0.25) is 0 Å². The summed E-state index contributed by atoms with van der Waals surface area (Å²) >= 11 is 0. The van der Waals surface area contributed by atoms with E-state index in [1.165, 1.54) is 25.9 Å². The van der Waals surface area contributed by atoms with Crippen LogP contribution in [0, 0.1) is 0 Å². The van der Waals surface area contributed by atoms with Crippen molar-refractivity contribution in [3.8, 4) is 11.5 Å². The first-order chi connectivity index (χ1) is 14.7. The van der Waals surface area contributed by atoms with E-state index in [1.54, 1.807) is 0 Å². The average molecular weight is 409 g/mol. The van der Waals surface area contributed by atoms with E-state index < -0.39 is 0 Å². The molecule has 0 aromatic heterocycles. The molecule has 1 atom stereocenters. The molecule has 0 bridgehead atoms. The maximum Gasteiger partial charge on any atom is 0.238 e.